The van der Waals surface area contributed by atoms with Crippen LogP contribution in [-0.4, -0.2) is 24.9 Å². The van der Waals surface area contributed by atoms with Crippen LogP contribution in [-0.2, 0) is 16.0 Å². The third-order valence-corrected chi connectivity index (χ3v) is 3.34. The molecule has 0 heterocycles. The first kappa shape index (κ1) is 13.5. The summed E-state index contributed by atoms with van der Waals surface area (Å²) in [6.45, 7) is -0.117. The van der Waals surface area contributed by atoms with E-state index in [1.54, 1.807) is 0 Å². The van der Waals surface area contributed by atoms with Gasteiger partial charge in [0, 0.05) is 0 Å². The number of amides is 2. The molecule has 4 N–H and O–H groups in total. The molecule has 1 aromatic carbocycles. The lowest BCUT2D eigenvalue weighted by Gasteiger charge is -2.26. The predicted molar refractivity (Wildman–Crippen MR) is 72.3 cm³/mol. The van der Waals surface area contributed by atoms with Gasteiger partial charge in [0.05, 0.1) is 19.1 Å². The van der Waals surface area contributed by atoms with Crippen LogP contribution in [0.1, 0.15) is 30.0 Å². The second kappa shape index (κ2) is 6.33. The minimum atomic E-state index is -0.320. The lowest BCUT2D eigenvalue weighted by Crippen LogP contribution is -2.41. The zero-order valence-electron chi connectivity index (χ0n) is 10.8. The van der Waals surface area contributed by atoms with Crippen LogP contribution in [0.5, 0.6) is 0 Å². The molecule has 0 spiro atoms. The zero-order valence-corrected chi connectivity index (χ0v) is 10.8. The summed E-state index contributed by atoms with van der Waals surface area (Å²) < 4.78 is 0. The second-order valence-corrected chi connectivity index (χ2v) is 4.69. The van der Waals surface area contributed by atoms with Crippen molar-refractivity contribution in [1.29, 1.82) is 0 Å². The quantitative estimate of drug-likeness (QED) is 0.726. The maximum Gasteiger partial charge on any atom is 0.239 e. The van der Waals surface area contributed by atoms with Crippen molar-refractivity contribution in [2.24, 2.45) is 5.73 Å². The predicted octanol–water partition coefficient (Wildman–Crippen LogP) is 0.255. The Labute approximate surface area is 112 Å². The van der Waals surface area contributed by atoms with E-state index in [9.17, 15) is 9.59 Å². The zero-order chi connectivity index (χ0) is 13.7. The molecule has 1 aliphatic rings. The molecule has 1 atom stereocenters. The number of hydrogen-bond acceptors (Lipinski definition) is 3. The minimum absolute atomic E-state index is 0.0191. The number of fused-ring (bicyclic) bond motifs is 1. The summed E-state index contributed by atoms with van der Waals surface area (Å²) in [5.41, 5.74) is 7.65. The van der Waals surface area contributed by atoms with E-state index in [4.69, 9.17) is 5.73 Å². The number of hydrogen-bond donors (Lipinski definition) is 3. The van der Waals surface area contributed by atoms with Crippen LogP contribution >= 0.6 is 0 Å². The van der Waals surface area contributed by atoms with E-state index in [0.717, 1.165) is 19.3 Å². The van der Waals surface area contributed by atoms with Gasteiger partial charge in [-0.3, -0.25) is 9.59 Å². The van der Waals surface area contributed by atoms with Crippen LogP contribution in [0.2, 0.25) is 0 Å². The van der Waals surface area contributed by atoms with E-state index < -0.39 is 0 Å². The van der Waals surface area contributed by atoms with Gasteiger partial charge in [-0.1, -0.05) is 24.3 Å². The molecule has 19 heavy (non-hydrogen) atoms. The minimum Gasteiger partial charge on any atom is -0.348 e. The summed E-state index contributed by atoms with van der Waals surface area (Å²) in [5, 5.41) is 5.43. The molecule has 0 saturated carbocycles. The molecule has 0 bridgehead atoms. The summed E-state index contributed by atoms with van der Waals surface area (Å²) in [5.74, 6) is -0.498. The Bertz CT molecular complexity index is 474. The highest BCUT2D eigenvalue weighted by atomic mass is 16.2. The van der Waals surface area contributed by atoms with Gasteiger partial charge in [-0.05, 0) is 30.4 Å². The topological polar surface area (TPSA) is 84.2 Å². The normalized spacial score (nSPS) is 17.4. The molecule has 0 fully saturated rings. The molecule has 1 aromatic rings. The van der Waals surface area contributed by atoms with Crippen LogP contribution in [0.4, 0.5) is 0 Å². The van der Waals surface area contributed by atoms with Crippen molar-refractivity contribution in [3.63, 3.8) is 0 Å². The van der Waals surface area contributed by atoms with Crippen molar-refractivity contribution >= 4 is 11.8 Å². The molecule has 1 unspecified atom stereocenters. The summed E-state index contributed by atoms with van der Waals surface area (Å²) in [6, 6.07) is 8.21. The standard InChI is InChI=1S/C14H19N3O2/c15-8-13(18)16-9-14(19)17-12-7-3-5-10-4-1-2-6-11(10)12/h1-2,4,6,12H,3,5,7-9,15H2,(H,16,18)(H,17,19). The van der Waals surface area contributed by atoms with Gasteiger partial charge < -0.3 is 16.4 Å². The average molecular weight is 261 g/mol. The van der Waals surface area contributed by atoms with Crippen LogP contribution in [0.15, 0.2) is 24.3 Å². The van der Waals surface area contributed by atoms with Gasteiger partial charge in [0.2, 0.25) is 11.8 Å². The van der Waals surface area contributed by atoms with Crippen molar-refractivity contribution in [3.05, 3.63) is 35.4 Å². The van der Waals surface area contributed by atoms with E-state index in [1.807, 2.05) is 12.1 Å². The Morgan fingerprint density at radius 3 is 2.84 bits per heavy atom. The molecule has 1 aliphatic carbocycles. The molecule has 102 valence electrons. The van der Waals surface area contributed by atoms with Gasteiger partial charge in [-0.15, -0.1) is 0 Å². The number of nitrogens with one attached hydrogen (secondary N) is 2. The number of carbonyl (C=O) groups is 2. The van der Waals surface area contributed by atoms with Gasteiger partial charge in [-0.25, -0.2) is 0 Å². The van der Waals surface area contributed by atoms with E-state index in [-0.39, 0.29) is 30.9 Å². The van der Waals surface area contributed by atoms with Crippen molar-refractivity contribution in [2.75, 3.05) is 13.1 Å². The maximum atomic E-state index is 11.8. The Morgan fingerprint density at radius 2 is 2.05 bits per heavy atom. The highest BCUT2D eigenvalue weighted by Crippen LogP contribution is 2.29. The molecule has 0 aromatic heterocycles. The van der Waals surface area contributed by atoms with Crippen molar-refractivity contribution in [3.8, 4) is 0 Å². The van der Waals surface area contributed by atoms with Crippen LogP contribution in [0, 0.1) is 0 Å². The number of carbonyl (C=O) groups excluding carboxylic acids is 2. The fourth-order valence-electron chi connectivity index (χ4n) is 2.40. The molecule has 2 amide bonds. The molecule has 0 radical (unpaired) electrons. The number of aryl methyl sites for hydroxylation is 1. The first-order chi connectivity index (χ1) is 9.20. The van der Waals surface area contributed by atoms with Crippen molar-refractivity contribution in [2.45, 2.75) is 25.3 Å². The van der Waals surface area contributed by atoms with Crippen molar-refractivity contribution < 1.29 is 9.59 Å². The SMILES string of the molecule is NCC(=O)NCC(=O)NC1CCCc2ccccc21. The summed E-state index contributed by atoms with van der Waals surface area (Å²) in [6.07, 6.45) is 3.07. The van der Waals surface area contributed by atoms with Crippen LogP contribution < -0.4 is 16.4 Å². The molecule has 5 nitrogen and oxygen atoms in total. The molecule has 2 rings (SSSR count). The van der Waals surface area contributed by atoms with Crippen molar-refractivity contribution in [1.82, 2.24) is 10.6 Å². The number of benzene rings is 1. The Balaban J connectivity index is 1.93. The molecule has 0 aliphatic heterocycles. The largest absolute Gasteiger partial charge is 0.348 e. The lowest BCUT2D eigenvalue weighted by atomic mass is 9.88. The molecular weight excluding hydrogens is 242 g/mol. The number of rotatable bonds is 4. The van der Waals surface area contributed by atoms with Gasteiger partial charge in [-0.2, -0.15) is 0 Å². The van der Waals surface area contributed by atoms with Crippen LogP contribution in [0.3, 0.4) is 0 Å². The lowest BCUT2D eigenvalue weighted by molar-refractivity contribution is -0.125. The third-order valence-electron chi connectivity index (χ3n) is 3.34. The smallest absolute Gasteiger partial charge is 0.239 e. The van der Waals surface area contributed by atoms with E-state index >= 15 is 0 Å². The Hall–Kier alpha value is -1.88. The fraction of sp³-hybridized carbons (Fsp3) is 0.429. The summed E-state index contributed by atoms with van der Waals surface area (Å²) in [7, 11) is 0. The summed E-state index contributed by atoms with van der Waals surface area (Å²) in [4.78, 5) is 22.8. The fourth-order valence-corrected chi connectivity index (χ4v) is 2.40. The van der Waals surface area contributed by atoms with E-state index in [0.29, 0.717) is 0 Å². The highest BCUT2D eigenvalue weighted by molar-refractivity contribution is 5.85. The number of nitrogens with two attached hydrogens (primary N) is 1. The van der Waals surface area contributed by atoms with E-state index in [1.165, 1.54) is 11.1 Å². The Kier molecular flexibility index (Phi) is 4.52. The van der Waals surface area contributed by atoms with Gasteiger partial charge in [0.25, 0.3) is 0 Å². The van der Waals surface area contributed by atoms with Gasteiger partial charge in [0.15, 0.2) is 0 Å². The molecule has 5 heteroatoms. The third kappa shape index (κ3) is 3.54. The average Bonchev–Trinajstić information content (AvgIpc) is 2.45. The van der Waals surface area contributed by atoms with E-state index in [2.05, 4.69) is 22.8 Å². The first-order valence-electron chi connectivity index (χ1n) is 6.54. The first-order valence-corrected chi connectivity index (χ1v) is 6.54. The molecular formula is C14H19N3O2. The van der Waals surface area contributed by atoms with Gasteiger partial charge in [0.1, 0.15) is 0 Å². The second-order valence-electron chi connectivity index (χ2n) is 4.69. The highest BCUT2D eigenvalue weighted by Gasteiger charge is 2.21. The maximum absolute atomic E-state index is 11.8. The monoisotopic (exact) mass is 261 g/mol. The van der Waals surface area contributed by atoms with Gasteiger partial charge >= 0.3 is 0 Å². The Morgan fingerprint density at radius 1 is 1.26 bits per heavy atom. The van der Waals surface area contributed by atoms with Crippen LogP contribution in [0.25, 0.3) is 0 Å². The molecule has 0 saturated heterocycles. The summed E-state index contributed by atoms with van der Waals surface area (Å²) >= 11 is 0.